The lowest BCUT2D eigenvalue weighted by atomic mass is 9.95. The second kappa shape index (κ2) is 3.48. The molecule has 2 atom stereocenters. The van der Waals surface area contributed by atoms with Gasteiger partial charge in [0, 0.05) is 25.0 Å². The molecule has 2 unspecified atom stereocenters. The number of hydrogen-bond acceptors (Lipinski definition) is 2. The van der Waals surface area contributed by atoms with E-state index in [4.69, 9.17) is 5.73 Å². The Bertz CT molecular complexity index is 271. The first kappa shape index (κ1) is 8.73. The van der Waals surface area contributed by atoms with E-state index in [0.717, 1.165) is 13.1 Å². The maximum absolute atomic E-state index is 6.06. The Balaban J connectivity index is 2.18. The van der Waals surface area contributed by atoms with Crippen LogP contribution in [-0.4, -0.2) is 31.1 Å². The highest BCUT2D eigenvalue weighted by molar-refractivity contribution is 5.23. The molecule has 1 fully saturated rings. The van der Waals surface area contributed by atoms with Crippen molar-refractivity contribution in [1.82, 2.24) is 4.90 Å². The lowest BCUT2D eigenvalue weighted by Gasteiger charge is -2.13. The molecule has 2 N–H and O–H groups in total. The van der Waals surface area contributed by atoms with Crippen LogP contribution in [0.15, 0.2) is 30.3 Å². The molecular weight excluding hydrogens is 160 g/mol. The second-order valence-corrected chi connectivity index (χ2v) is 3.90. The maximum atomic E-state index is 6.06. The van der Waals surface area contributed by atoms with Crippen LogP contribution in [0.3, 0.4) is 0 Å². The Morgan fingerprint density at radius 1 is 1.23 bits per heavy atom. The van der Waals surface area contributed by atoms with Crippen LogP contribution in [0, 0.1) is 0 Å². The summed E-state index contributed by atoms with van der Waals surface area (Å²) in [7, 11) is 2.13. The fraction of sp³-hybridized carbons (Fsp3) is 0.455. The van der Waals surface area contributed by atoms with E-state index in [1.165, 1.54) is 5.56 Å². The van der Waals surface area contributed by atoms with Crippen molar-refractivity contribution in [2.75, 3.05) is 20.1 Å². The molecule has 1 aromatic carbocycles. The normalized spacial score (nSPS) is 29.4. The maximum Gasteiger partial charge on any atom is 0.0249 e. The van der Waals surface area contributed by atoms with Crippen molar-refractivity contribution in [3.63, 3.8) is 0 Å². The third-order valence-electron chi connectivity index (χ3n) is 2.78. The van der Waals surface area contributed by atoms with Crippen molar-refractivity contribution in [2.45, 2.75) is 12.0 Å². The average Bonchev–Trinajstić information content (AvgIpc) is 2.47. The fourth-order valence-corrected chi connectivity index (χ4v) is 2.09. The van der Waals surface area contributed by atoms with Crippen molar-refractivity contribution in [3.8, 4) is 0 Å². The Hall–Kier alpha value is -0.860. The SMILES string of the molecule is CN1CC(N)C(c2ccccc2)C1. The molecule has 1 heterocycles. The van der Waals surface area contributed by atoms with Gasteiger partial charge in [-0.25, -0.2) is 0 Å². The van der Waals surface area contributed by atoms with Crippen molar-refractivity contribution in [2.24, 2.45) is 5.73 Å². The number of likely N-dealkylation sites (N-methyl/N-ethyl adjacent to an activating group) is 1. The molecule has 70 valence electrons. The summed E-state index contributed by atoms with van der Waals surface area (Å²) >= 11 is 0. The molecule has 2 heteroatoms. The van der Waals surface area contributed by atoms with E-state index in [2.05, 4.69) is 36.2 Å². The summed E-state index contributed by atoms with van der Waals surface area (Å²) < 4.78 is 0. The number of nitrogens with zero attached hydrogens (tertiary/aromatic N) is 1. The van der Waals surface area contributed by atoms with Gasteiger partial charge in [0.15, 0.2) is 0 Å². The Morgan fingerprint density at radius 3 is 2.46 bits per heavy atom. The largest absolute Gasteiger partial charge is 0.326 e. The van der Waals surface area contributed by atoms with E-state index in [1.54, 1.807) is 0 Å². The van der Waals surface area contributed by atoms with E-state index >= 15 is 0 Å². The minimum Gasteiger partial charge on any atom is -0.326 e. The molecule has 0 saturated carbocycles. The van der Waals surface area contributed by atoms with Gasteiger partial charge in [-0.15, -0.1) is 0 Å². The Morgan fingerprint density at radius 2 is 1.92 bits per heavy atom. The second-order valence-electron chi connectivity index (χ2n) is 3.90. The quantitative estimate of drug-likeness (QED) is 0.693. The summed E-state index contributed by atoms with van der Waals surface area (Å²) in [5, 5.41) is 0. The lowest BCUT2D eigenvalue weighted by Crippen LogP contribution is -2.27. The summed E-state index contributed by atoms with van der Waals surface area (Å²) in [5.41, 5.74) is 7.43. The molecule has 0 aromatic heterocycles. The summed E-state index contributed by atoms with van der Waals surface area (Å²) in [6.07, 6.45) is 0. The molecule has 0 spiro atoms. The molecule has 1 aliphatic heterocycles. The van der Waals surface area contributed by atoms with Gasteiger partial charge in [-0.2, -0.15) is 0 Å². The van der Waals surface area contributed by atoms with E-state index in [1.807, 2.05) is 6.07 Å². The van der Waals surface area contributed by atoms with E-state index < -0.39 is 0 Å². The topological polar surface area (TPSA) is 29.3 Å². The number of hydrogen-bond donors (Lipinski definition) is 1. The van der Waals surface area contributed by atoms with Gasteiger partial charge < -0.3 is 10.6 Å². The molecule has 2 rings (SSSR count). The first-order valence-corrected chi connectivity index (χ1v) is 4.76. The van der Waals surface area contributed by atoms with Gasteiger partial charge >= 0.3 is 0 Å². The highest BCUT2D eigenvalue weighted by atomic mass is 15.1. The molecule has 0 aliphatic carbocycles. The number of likely N-dealkylation sites (tertiary alicyclic amines) is 1. The minimum absolute atomic E-state index is 0.299. The van der Waals surface area contributed by atoms with Crippen LogP contribution in [0.1, 0.15) is 11.5 Å². The Labute approximate surface area is 79.4 Å². The van der Waals surface area contributed by atoms with Crippen LogP contribution in [0.25, 0.3) is 0 Å². The summed E-state index contributed by atoms with van der Waals surface area (Å²) in [6.45, 7) is 2.10. The monoisotopic (exact) mass is 176 g/mol. The molecule has 0 bridgehead atoms. The predicted molar refractivity (Wildman–Crippen MR) is 54.7 cm³/mol. The molecular formula is C11H16N2. The van der Waals surface area contributed by atoms with Gasteiger partial charge in [0.1, 0.15) is 0 Å². The predicted octanol–water partition coefficient (Wildman–Crippen LogP) is 1.04. The van der Waals surface area contributed by atoms with Crippen molar-refractivity contribution < 1.29 is 0 Å². The lowest BCUT2D eigenvalue weighted by molar-refractivity contribution is 0.407. The van der Waals surface area contributed by atoms with E-state index in [0.29, 0.717) is 12.0 Å². The first-order valence-electron chi connectivity index (χ1n) is 4.76. The van der Waals surface area contributed by atoms with Crippen LogP contribution >= 0.6 is 0 Å². The smallest absolute Gasteiger partial charge is 0.0249 e. The average molecular weight is 176 g/mol. The molecule has 2 nitrogen and oxygen atoms in total. The van der Waals surface area contributed by atoms with Gasteiger partial charge in [-0.05, 0) is 12.6 Å². The van der Waals surface area contributed by atoms with E-state index in [-0.39, 0.29) is 0 Å². The molecule has 1 aliphatic rings. The van der Waals surface area contributed by atoms with Gasteiger partial charge in [-0.1, -0.05) is 30.3 Å². The van der Waals surface area contributed by atoms with E-state index in [9.17, 15) is 0 Å². The number of rotatable bonds is 1. The number of benzene rings is 1. The third-order valence-corrected chi connectivity index (χ3v) is 2.78. The van der Waals surface area contributed by atoms with Crippen LogP contribution in [-0.2, 0) is 0 Å². The molecule has 0 radical (unpaired) electrons. The van der Waals surface area contributed by atoms with Crippen LogP contribution in [0.4, 0.5) is 0 Å². The van der Waals surface area contributed by atoms with Crippen molar-refractivity contribution in [1.29, 1.82) is 0 Å². The van der Waals surface area contributed by atoms with Crippen LogP contribution < -0.4 is 5.73 Å². The van der Waals surface area contributed by atoms with Crippen LogP contribution in [0.2, 0.25) is 0 Å². The van der Waals surface area contributed by atoms with Gasteiger partial charge in [0.25, 0.3) is 0 Å². The highest BCUT2D eigenvalue weighted by Crippen LogP contribution is 2.24. The Kier molecular flexibility index (Phi) is 2.34. The van der Waals surface area contributed by atoms with Gasteiger partial charge in [0.2, 0.25) is 0 Å². The first-order chi connectivity index (χ1) is 6.27. The molecule has 0 amide bonds. The van der Waals surface area contributed by atoms with Gasteiger partial charge in [-0.3, -0.25) is 0 Å². The third kappa shape index (κ3) is 1.74. The van der Waals surface area contributed by atoms with Crippen molar-refractivity contribution in [3.05, 3.63) is 35.9 Å². The molecule has 13 heavy (non-hydrogen) atoms. The highest BCUT2D eigenvalue weighted by Gasteiger charge is 2.28. The minimum atomic E-state index is 0.299. The standard InChI is InChI=1S/C11H16N2/c1-13-7-10(11(12)8-13)9-5-3-2-4-6-9/h2-6,10-11H,7-8,12H2,1H3. The zero-order valence-corrected chi connectivity index (χ0v) is 7.98. The van der Waals surface area contributed by atoms with Gasteiger partial charge in [0.05, 0.1) is 0 Å². The van der Waals surface area contributed by atoms with Crippen LogP contribution in [0.5, 0.6) is 0 Å². The summed E-state index contributed by atoms with van der Waals surface area (Å²) in [4.78, 5) is 2.29. The summed E-state index contributed by atoms with van der Waals surface area (Å²) in [5.74, 6) is 0.520. The van der Waals surface area contributed by atoms with Crippen molar-refractivity contribution >= 4 is 0 Å². The molecule has 1 aromatic rings. The molecule has 1 saturated heterocycles. The zero-order valence-electron chi connectivity index (χ0n) is 7.98. The summed E-state index contributed by atoms with van der Waals surface area (Å²) in [6, 6.07) is 10.9. The zero-order chi connectivity index (χ0) is 9.26. The number of nitrogens with two attached hydrogens (primary N) is 1. The fourth-order valence-electron chi connectivity index (χ4n) is 2.09.